The molecular formula is C8H16IN. The summed E-state index contributed by atoms with van der Waals surface area (Å²) in [5.74, 6) is 1.90. The summed E-state index contributed by atoms with van der Waals surface area (Å²) in [5.41, 5.74) is 0. The van der Waals surface area contributed by atoms with Gasteiger partial charge in [0.05, 0.1) is 0 Å². The zero-order valence-corrected chi connectivity index (χ0v) is 9.05. The van der Waals surface area contributed by atoms with E-state index in [0.717, 1.165) is 15.8 Å². The average Bonchev–Trinajstić information content (AvgIpc) is 2.38. The molecule has 3 unspecified atom stereocenters. The summed E-state index contributed by atoms with van der Waals surface area (Å²) in [6.07, 6.45) is 0. The predicted octanol–water partition coefficient (Wildman–Crippen LogP) is 2.05. The highest BCUT2D eigenvalue weighted by atomic mass is 127. The topological polar surface area (TPSA) is 12.0 Å². The van der Waals surface area contributed by atoms with Crippen LogP contribution in [0.3, 0.4) is 0 Å². The van der Waals surface area contributed by atoms with Crippen molar-refractivity contribution in [1.29, 1.82) is 0 Å². The SMILES string of the molecule is CC(C)NCC1C(C)C1I. The van der Waals surface area contributed by atoms with Crippen LogP contribution in [0.2, 0.25) is 0 Å². The van der Waals surface area contributed by atoms with E-state index in [4.69, 9.17) is 0 Å². The van der Waals surface area contributed by atoms with E-state index >= 15 is 0 Å². The minimum atomic E-state index is 0.649. The van der Waals surface area contributed by atoms with Crippen LogP contribution in [0.4, 0.5) is 0 Å². The first-order valence-electron chi connectivity index (χ1n) is 4.00. The lowest BCUT2D eigenvalue weighted by Gasteiger charge is -2.05. The second kappa shape index (κ2) is 3.39. The lowest BCUT2D eigenvalue weighted by atomic mass is 10.3. The Bertz CT molecular complexity index is 106. The monoisotopic (exact) mass is 253 g/mol. The molecule has 60 valence electrons. The third-order valence-corrected chi connectivity index (χ3v) is 4.27. The van der Waals surface area contributed by atoms with Crippen LogP contribution in [-0.4, -0.2) is 16.5 Å². The molecule has 0 bridgehead atoms. The van der Waals surface area contributed by atoms with Crippen LogP contribution in [0.1, 0.15) is 20.8 Å². The van der Waals surface area contributed by atoms with E-state index in [1.54, 1.807) is 0 Å². The van der Waals surface area contributed by atoms with E-state index in [-0.39, 0.29) is 0 Å². The van der Waals surface area contributed by atoms with Gasteiger partial charge in [-0.05, 0) is 18.4 Å². The quantitative estimate of drug-likeness (QED) is 0.599. The van der Waals surface area contributed by atoms with Crippen LogP contribution in [0.15, 0.2) is 0 Å². The van der Waals surface area contributed by atoms with Gasteiger partial charge < -0.3 is 5.32 Å². The Labute approximate surface area is 77.1 Å². The zero-order valence-electron chi connectivity index (χ0n) is 6.89. The highest BCUT2D eigenvalue weighted by Crippen LogP contribution is 2.44. The Morgan fingerprint density at radius 1 is 1.50 bits per heavy atom. The number of rotatable bonds is 3. The lowest BCUT2D eigenvalue weighted by Crippen LogP contribution is -2.25. The Hall–Kier alpha value is 0.690. The van der Waals surface area contributed by atoms with Crippen LogP contribution in [0, 0.1) is 11.8 Å². The van der Waals surface area contributed by atoms with Gasteiger partial charge in [0.1, 0.15) is 0 Å². The Morgan fingerprint density at radius 3 is 2.30 bits per heavy atom. The fourth-order valence-corrected chi connectivity index (χ4v) is 2.36. The van der Waals surface area contributed by atoms with Gasteiger partial charge >= 0.3 is 0 Å². The summed E-state index contributed by atoms with van der Waals surface area (Å²) in [5, 5.41) is 3.46. The molecule has 1 rings (SSSR count). The zero-order chi connectivity index (χ0) is 7.72. The molecule has 10 heavy (non-hydrogen) atoms. The van der Waals surface area contributed by atoms with Crippen molar-refractivity contribution in [2.75, 3.05) is 6.54 Å². The molecule has 1 N–H and O–H groups in total. The predicted molar refractivity (Wildman–Crippen MR) is 53.6 cm³/mol. The van der Waals surface area contributed by atoms with E-state index in [1.807, 2.05) is 0 Å². The van der Waals surface area contributed by atoms with Crippen LogP contribution in [0.5, 0.6) is 0 Å². The second-order valence-electron chi connectivity index (χ2n) is 3.53. The highest BCUT2D eigenvalue weighted by molar-refractivity contribution is 14.1. The van der Waals surface area contributed by atoms with Crippen molar-refractivity contribution in [1.82, 2.24) is 5.32 Å². The number of halogens is 1. The molecule has 1 aliphatic rings. The van der Waals surface area contributed by atoms with Gasteiger partial charge in [0.25, 0.3) is 0 Å². The summed E-state index contributed by atoms with van der Waals surface area (Å²) >= 11 is 2.55. The van der Waals surface area contributed by atoms with E-state index in [0.29, 0.717) is 6.04 Å². The molecule has 0 aromatic rings. The molecule has 3 atom stereocenters. The first-order chi connectivity index (χ1) is 4.63. The van der Waals surface area contributed by atoms with Gasteiger partial charge in [-0.1, -0.05) is 43.4 Å². The minimum absolute atomic E-state index is 0.649. The first kappa shape index (κ1) is 8.78. The van der Waals surface area contributed by atoms with E-state index < -0.39 is 0 Å². The van der Waals surface area contributed by atoms with Crippen LogP contribution in [0.25, 0.3) is 0 Å². The molecule has 0 saturated heterocycles. The largest absolute Gasteiger partial charge is 0.314 e. The Morgan fingerprint density at radius 2 is 2.00 bits per heavy atom. The molecule has 0 aliphatic heterocycles. The number of alkyl halides is 1. The van der Waals surface area contributed by atoms with Crippen LogP contribution in [-0.2, 0) is 0 Å². The van der Waals surface area contributed by atoms with Gasteiger partial charge in [-0.25, -0.2) is 0 Å². The molecule has 1 aliphatic carbocycles. The van der Waals surface area contributed by atoms with Gasteiger partial charge in [0.15, 0.2) is 0 Å². The molecule has 0 spiro atoms. The van der Waals surface area contributed by atoms with Crippen molar-refractivity contribution in [3.8, 4) is 0 Å². The molecular weight excluding hydrogens is 237 g/mol. The molecule has 0 aromatic carbocycles. The summed E-state index contributed by atoms with van der Waals surface area (Å²) in [6, 6.07) is 0.649. The molecule has 0 radical (unpaired) electrons. The Balaban J connectivity index is 2.06. The lowest BCUT2D eigenvalue weighted by molar-refractivity contribution is 0.547. The maximum Gasteiger partial charge on any atom is 0.0182 e. The molecule has 0 heterocycles. The summed E-state index contributed by atoms with van der Waals surface area (Å²) in [7, 11) is 0. The molecule has 2 heteroatoms. The van der Waals surface area contributed by atoms with Crippen molar-refractivity contribution < 1.29 is 0 Å². The standard InChI is InChI=1S/C8H16IN/c1-5(2)10-4-7-6(3)8(7)9/h5-8,10H,4H2,1-3H3. The highest BCUT2D eigenvalue weighted by Gasteiger charge is 2.43. The Kier molecular flexibility index (Phi) is 2.98. The first-order valence-corrected chi connectivity index (χ1v) is 5.25. The summed E-state index contributed by atoms with van der Waals surface area (Å²) in [4.78, 5) is 0. The van der Waals surface area contributed by atoms with Crippen molar-refractivity contribution in [3.63, 3.8) is 0 Å². The van der Waals surface area contributed by atoms with Gasteiger partial charge in [-0.15, -0.1) is 0 Å². The molecule has 0 aromatic heterocycles. The van der Waals surface area contributed by atoms with Gasteiger partial charge in [-0.2, -0.15) is 0 Å². The van der Waals surface area contributed by atoms with Gasteiger partial charge in [0, 0.05) is 9.97 Å². The molecule has 1 fully saturated rings. The van der Waals surface area contributed by atoms with Crippen LogP contribution >= 0.6 is 22.6 Å². The maximum absolute atomic E-state index is 3.46. The summed E-state index contributed by atoms with van der Waals surface area (Å²) < 4.78 is 0.934. The van der Waals surface area contributed by atoms with Crippen molar-refractivity contribution in [2.24, 2.45) is 11.8 Å². The third kappa shape index (κ3) is 2.09. The average molecular weight is 253 g/mol. The van der Waals surface area contributed by atoms with Crippen molar-refractivity contribution in [2.45, 2.75) is 30.7 Å². The molecule has 1 saturated carbocycles. The van der Waals surface area contributed by atoms with E-state index in [9.17, 15) is 0 Å². The van der Waals surface area contributed by atoms with Gasteiger partial charge in [0.2, 0.25) is 0 Å². The number of nitrogens with one attached hydrogen (secondary N) is 1. The smallest absolute Gasteiger partial charge is 0.0182 e. The van der Waals surface area contributed by atoms with Crippen molar-refractivity contribution >= 4 is 22.6 Å². The maximum atomic E-state index is 3.46. The third-order valence-electron chi connectivity index (χ3n) is 2.21. The minimum Gasteiger partial charge on any atom is -0.314 e. The fourth-order valence-electron chi connectivity index (χ4n) is 1.16. The van der Waals surface area contributed by atoms with Crippen LogP contribution < -0.4 is 5.32 Å². The second-order valence-corrected chi connectivity index (χ2v) is 4.97. The van der Waals surface area contributed by atoms with E-state index in [1.165, 1.54) is 6.54 Å². The fraction of sp³-hybridized carbons (Fsp3) is 1.00. The van der Waals surface area contributed by atoms with Gasteiger partial charge in [-0.3, -0.25) is 0 Å². The van der Waals surface area contributed by atoms with E-state index in [2.05, 4.69) is 48.7 Å². The summed E-state index contributed by atoms with van der Waals surface area (Å²) in [6.45, 7) is 7.96. The molecule has 1 nitrogen and oxygen atoms in total. The van der Waals surface area contributed by atoms with Crippen molar-refractivity contribution in [3.05, 3.63) is 0 Å². The number of hydrogen-bond acceptors (Lipinski definition) is 1. The normalized spacial score (nSPS) is 38.7. The number of hydrogen-bond donors (Lipinski definition) is 1. The molecule has 0 amide bonds.